The van der Waals surface area contributed by atoms with E-state index in [4.69, 9.17) is 5.73 Å². The molecule has 1 aliphatic rings. The Balaban J connectivity index is 2.12. The molecule has 1 fully saturated rings. The minimum absolute atomic E-state index is 0.0156. The SMILES string of the molecule is CC(N)c1ccc(N2CCCC(C)(C)C2)cn1. The molecule has 2 N–H and O–H groups in total. The van der Waals surface area contributed by atoms with Gasteiger partial charge in [-0.1, -0.05) is 13.8 Å². The van der Waals surface area contributed by atoms with E-state index in [1.54, 1.807) is 0 Å². The molecule has 1 saturated heterocycles. The van der Waals surface area contributed by atoms with E-state index in [0.29, 0.717) is 5.41 Å². The molecular formula is C14H23N3. The van der Waals surface area contributed by atoms with Crippen molar-refractivity contribution in [1.82, 2.24) is 4.98 Å². The normalized spacial score (nSPS) is 21.3. The Hall–Kier alpha value is -1.09. The zero-order chi connectivity index (χ0) is 12.5. The summed E-state index contributed by atoms with van der Waals surface area (Å²) in [5.41, 5.74) is 8.41. The van der Waals surface area contributed by atoms with Crippen LogP contribution in [-0.4, -0.2) is 18.1 Å². The summed E-state index contributed by atoms with van der Waals surface area (Å²) in [7, 11) is 0. The van der Waals surface area contributed by atoms with Gasteiger partial charge in [0, 0.05) is 19.1 Å². The van der Waals surface area contributed by atoms with Gasteiger partial charge < -0.3 is 10.6 Å². The molecule has 0 aliphatic carbocycles. The molecule has 0 bridgehead atoms. The summed E-state index contributed by atoms with van der Waals surface area (Å²) in [4.78, 5) is 6.87. The summed E-state index contributed by atoms with van der Waals surface area (Å²) in [5.74, 6) is 0. The first-order chi connectivity index (χ1) is 7.98. The molecule has 0 amide bonds. The number of anilines is 1. The lowest BCUT2D eigenvalue weighted by atomic mass is 9.84. The van der Waals surface area contributed by atoms with Crippen molar-refractivity contribution in [2.24, 2.45) is 11.1 Å². The molecule has 3 nitrogen and oxygen atoms in total. The summed E-state index contributed by atoms with van der Waals surface area (Å²) in [6.45, 7) is 8.90. The fourth-order valence-electron chi connectivity index (χ4n) is 2.50. The molecule has 0 spiro atoms. The first-order valence-corrected chi connectivity index (χ1v) is 6.44. The van der Waals surface area contributed by atoms with Crippen LogP contribution in [0.5, 0.6) is 0 Å². The zero-order valence-corrected chi connectivity index (χ0v) is 11.1. The Morgan fingerprint density at radius 1 is 1.41 bits per heavy atom. The molecule has 0 saturated carbocycles. The molecule has 1 unspecified atom stereocenters. The summed E-state index contributed by atoms with van der Waals surface area (Å²) in [5, 5.41) is 0. The van der Waals surface area contributed by atoms with Crippen molar-refractivity contribution in [3.8, 4) is 0 Å². The van der Waals surface area contributed by atoms with Crippen LogP contribution in [0, 0.1) is 5.41 Å². The van der Waals surface area contributed by atoms with Crippen LogP contribution in [-0.2, 0) is 0 Å². The van der Waals surface area contributed by atoms with Crippen LogP contribution in [0.4, 0.5) is 5.69 Å². The quantitative estimate of drug-likeness (QED) is 0.854. The largest absolute Gasteiger partial charge is 0.370 e. The minimum Gasteiger partial charge on any atom is -0.370 e. The highest BCUT2D eigenvalue weighted by Gasteiger charge is 2.26. The smallest absolute Gasteiger partial charge is 0.0569 e. The number of piperidine rings is 1. The van der Waals surface area contributed by atoms with Gasteiger partial charge in [0.2, 0.25) is 0 Å². The summed E-state index contributed by atoms with van der Waals surface area (Å²) < 4.78 is 0. The highest BCUT2D eigenvalue weighted by Crippen LogP contribution is 2.31. The predicted molar refractivity (Wildman–Crippen MR) is 72.1 cm³/mol. The van der Waals surface area contributed by atoms with Gasteiger partial charge in [-0.2, -0.15) is 0 Å². The van der Waals surface area contributed by atoms with Gasteiger partial charge in [0.1, 0.15) is 0 Å². The number of hydrogen-bond acceptors (Lipinski definition) is 3. The molecule has 17 heavy (non-hydrogen) atoms. The van der Waals surface area contributed by atoms with Crippen LogP contribution < -0.4 is 10.6 Å². The Kier molecular flexibility index (Phi) is 3.38. The fraction of sp³-hybridized carbons (Fsp3) is 0.643. The second kappa shape index (κ2) is 4.65. The number of nitrogens with zero attached hydrogens (tertiary/aromatic N) is 2. The second-order valence-electron chi connectivity index (χ2n) is 5.92. The highest BCUT2D eigenvalue weighted by atomic mass is 15.1. The van der Waals surface area contributed by atoms with Gasteiger partial charge in [-0.15, -0.1) is 0 Å². The van der Waals surface area contributed by atoms with Gasteiger partial charge in [-0.3, -0.25) is 4.98 Å². The predicted octanol–water partition coefficient (Wildman–Crippen LogP) is 2.73. The van der Waals surface area contributed by atoms with E-state index in [0.717, 1.165) is 18.8 Å². The Bertz CT molecular complexity index is 368. The summed E-state index contributed by atoms with van der Waals surface area (Å²) in [6.07, 6.45) is 4.54. The van der Waals surface area contributed by atoms with Gasteiger partial charge in [-0.05, 0) is 37.3 Å². The van der Waals surface area contributed by atoms with Crippen molar-refractivity contribution in [3.63, 3.8) is 0 Å². The van der Waals surface area contributed by atoms with Crippen molar-refractivity contribution < 1.29 is 0 Å². The number of hydrogen-bond donors (Lipinski definition) is 1. The average Bonchev–Trinajstić information content (AvgIpc) is 2.28. The molecule has 1 aromatic rings. The van der Waals surface area contributed by atoms with E-state index in [9.17, 15) is 0 Å². The van der Waals surface area contributed by atoms with Crippen LogP contribution in [0.15, 0.2) is 18.3 Å². The Morgan fingerprint density at radius 3 is 2.71 bits per heavy atom. The van der Waals surface area contributed by atoms with Gasteiger partial charge in [0.05, 0.1) is 17.6 Å². The van der Waals surface area contributed by atoms with E-state index >= 15 is 0 Å². The molecule has 1 aliphatic heterocycles. The molecule has 1 atom stereocenters. The monoisotopic (exact) mass is 233 g/mol. The lowest BCUT2D eigenvalue weighted by molar-refractivity contribution is 0.293. The van der Waals surface area contributed by atoms with Crippen LogP contribution in [0.25, 0.3) is 0 Å². The summed E-state index contributed by atoms with van der Waals surface area (Å²) >= 11 is 0. The molecule has 0 radical (unpaired) electrons. The van der Waals surface area contributed by atoms with Crippen molar-refractivity contribution in [3.05, 3.63) is 24.0 Å². The molecule has 2 heterocycles. The van der Waals surface area contributed by atoms with Gasteiger partial charge >= 0.3 is 0 Å². The third-order valence-corrected chi connectivity index (χ3v) is 3.50. The standard InChI is InChI=1S/C14H23N3/c1-11(15)13-6-5-12(9-16-13)17-8-4-7-14(2,3)10-17/h5-6,9,11H,4,7-8,10,15H2,1-3H3. The van der Waals surface area contributed by atoms with Crippen LogP contribution >= 0.6 is 0 Å². The number of aromatic nitrogens is 1. The molecule has 2 rings (SSSR count). The Morgan fingerprint density at radius 2 is 2.18 bits per heavy atom. The fourth-order valence-corrected chi connectivity index (χ4v) is 2.50. The maximum Gasteiger partial charge on any atom is 0.0569 e. The van der Waals surface area contributed by atoms with Crippen LogP contribution in [0.3, 0.4) is 0 Å². The maximum absolute atomic E-state index is 5.81. The van der Waals surface area contributed by atoms with Crippen molar-refractivity contribution >= 4 is 5.69 Å². The topological polar surface area (TPSA) is 42.1 Å². The Labute approximate surface area is 104 Å². The van der Waals surface area contributed by atoms with E-state index in [1.807, 2.05) is 19.2 Å². The number of rotatable bonds is 2. The molecule has 94 valence electrons. The second-order valence-corrected chi connectivity index (χ2v) is 5.92. The third kappa shape index (κ3) is 2.97. The van der Waals surface area contributed by atoms with Gasteiger partial charge in [0.25, 0.3) is 0 Å². The maximum atomic E-state index is 5.81. The number of pyridine rings is 1. The van der Waals surface area contributed by atoms with Gasteiger partial charge in [0.15, 0.2) is 0 Å². The van der Waals surface area contributed by atoms with Crippen molar-refractivity contribution in [2.45, 2.75) is 39.7 Å². The van der Waals surface area contributed by atoms with E-state index < -0.39 is 0 Å². The lowest BCUT2D eigenvalue weighted by Gasteiger charge is -2.39. The first kappa shape index (κ1) is 12.4. The van der Waals surface area contributed by atoms with Crippen LogP contribution in [0.1, 0.15) is 45.3 Å². The summed E-state index contributed by atoms with van der Waals surface area (Å²) in [6, 6.07) is 4.20. The van der Waals surface area contributed by atoms with Crippen LogP contribution in [0.2, 0.25) is 0 Å². The molecular weight excluding hydrogens is 210 g/mol. The third-order valence-electron chi connectivity index (χ3n) is 3.50. The van der Waals surface area contributed by atoms with E-state index in [2.05, 4.69) is 29.8 Å². The molecule has 0 aromatic carbocycles. The van der Waals surface area contributed by atoms with Gasteiger partial charge in [-0.25, -0.2) is 0 Å². The zero-order valence-electron chi connectivity index (χ0n) is 11.1. The lowest BCUT2D eigenvalue weighted by Crippen LogP contribution is -2.40. The highest BCUT2D eigenvalue weighted by molar-refractivity contribution is 5.45. The first-order valence-electron chi connectivity index (χ1n) is 6.44. The number of nitrogens with two attached hydrogens (primary N) is 1. The molecule has 3 heteroatoms. The van der Waals surface area contributed by atoms with E-state index in [-0.39, 0.29) is 6.04 Å². The van der Waals surface area contributed by atoms with Crippen molar-refractivity contribution in [1.29, 1.82) is 0 Å². The van der Waals surface area contributed by atoms with Crippen molar-refractivity contribution in [2.75, 3.05) is 18.0 Å². The minimum atomic E-state index is 0.0156. The molecule has 1 aromatic heterocycles. The average molecular weight is 233 g/mol. The van der Waals surface area contributed by atoms with E-state index in [1.165, 1.54) is 18.5 Å².